The Balaban J connectivity index is 2.11. The summed E-state index contributed by atoms with van der Waals surface area (Å²) >= 11 is 3.60. The lowest BCUT2D eigenvalue weighted by atomic mass is 10.4. The molecule has 2 aromatic carbocycles. The van der Waals surface area contributed by atoms with Gasteiger partial charge in [0.2, 0.25) is 0 Å². The van der Waals surface area contributed by atoms with Gasteiger partial charge in [0.15, 0.2) is 0 Å². The zero-order valence-electron chi connectivity index (χ0n) is 10.3. The Morgan fingerprint density at radius 1 is 0.556 bits per heavy atom. The van der Waals surface area contributed by atoms with Crippen molar-refractivity contribution in [1.29, 1.82) is 0 Å². The lowest BCUT2D eigenvalue weighted by molar-refractivity contribution is 1.25. The van der Waals surface area contributed by atoms with E-state index in [9.17, 15) is 0 Å². The molecule has 94 valence electrons. The van der Waals surface area contributed by atoms with Crippen LogP contribution in [-0.2, 0) is 0 Å². The van der Waals surface area contributed by atoms with Crippen LogP contribution in [0.4, 0.5) is 0 Å². The summed E-state index contributed by atoms with van der Waals surface area (Å²) in [4.78, 5) is 5.37. The molecule has 18 heavy (non-hydrogen) atoms. The van der Waals surface area contributed by atoms with E-state index in [1.54, 1.807) is 23.5 Å². The number of hydrogen-bond acceptors (Lipinski definition) is 4. The number of benzene rings is 2. The summed E-state index contributed by atoms with van der Waals surface area (Å²) in [5, 5.41) is 0. The summed E-state index contributed by atoms with van der Waals surface area (Å²) in [5.41, 5.74) is 0. The molecular formula is C14H14S4. The molecule has 0 saturated carbocycles. The van der Waals surface area contributed by atoms with Crippen molar-refractivity contribution in [3.05, 3.63) is 48.5 Å². The van der Waals surface area contributed by atoms with Crippen LogP contribution in [0.25, 0.3) is 0 Å². The minimum Gasteiger partial charge on any atom is -0.128 e. The molecular weight excluding hydrogens is 296 g/mol. The molecule has 0 saturated heterocycles. The molecule has 0 atom stereocenters. The van der Waals surface area contributed by atoms with Crippen molar-refractivity contribution in [2.45, 2.75) is 19.6 Å². The third kappa shape index (κ3) is 3.67. The van der Waals surface area contributed by atoms with Crippen molar-refractivity contribution < 1.29 is 0 Å². The van der Waals surface area contributed by atoms with E-state index < -0.39 is 0 Å². The molecule has 0 N–H and O–H groups in total. The van der Waals surface area contributed by atoms with E-state index >= 15 is 0 Å². The number of thioether (sulfide) groups is 2. The predicted octanol–water partition coefficient (Wildman–Crippen LogP) is 5.93. The summed E-state index contributed by atoms with van der Waals surface area (Å²) in [6.45, 7) is 0. The quantitative estimate of drug-likeness (QED) is 0.495. The third-order valence-electron chi connectivity index (χ3n) is 2.36. The van der Waals surface area contributed by atoms with Crippen LogP contribution in [0.2, 0.25) is 0 Å². The van der Waals surface area contributed by atoms with Gasteiger partial charge < -0.3 is 0 Å². The molecule has 0 spiro atoms. The third-order valence-corrected chi connectivity index (χ3v) is 6.69. The average Bonchev–Trinajstić information content (AvgIpc) is 2.45. The van der Waals surface area contributed by atoms with E-state index in [2.05, 4.69) is 61.0 Å². The normalized spacial score (nSPS) is 10.6. The second-order valence-electron chi connectivity index (χ2n) is 3.47. The predicted molar refractivity (Wildman–Crippen MR) is 88.2 cm³/mol. The topological polar surface area (TPSA) is 0 Å². The second kappa shape index (κ2) is 7.43. The Morgan fingerprint density at radius 2 is 0.889 bits per heavy atom. The summed E-state index contributed by atoms with van der Waals surface area (Å²) < 4.78 is 0. The molecule has 0 fully saturated rings. The molecule has 0 nitrogen and oxygen atoms in total. The summed E-state index contributed by atoms with van der Waals surface area (Å²) in [5.74, 6) is 0. The van der Waals surface area contributed by atoms with Gasteiger partial charge in [-0.05, 0) is 36.8 Å². The molecule has 0 amide bonds. The highest BCUT2D eigenvalue weighted by Gasteiger charge is 2.05. The monoisotopic (exact) mass is 310 g/mol. The van der Waals surface area contributed by atoms with Crippen molar-refractivity contribution in [3.63, 3.8) is 0 Å². The van der Waals surface area contributed by atoms with E-state index in [1.807, 2.05) is 21.6 Å². The van der Waals surface area contributed by atoms with Crippen molar-refractivity contribution in [1.82, 2.24) is 0 Å². The summed E-state index contributed by atoms with van der Waals surface area (Å²) in [6.07, 6.45) is 4.25. The van der Waals surface area contributed by atoms with E-state index in [1.165, 1.54) is 19.6 Å². The van der Waals surface area contributed by atoms with Crippen LogP contribution in [0.3, 0.4) is 0 Å². The van der Waals surface area contributed by atoms with Crippen LogP contribution in [0, 0.1) is 0 Å². The van der Waals surface area contributed by atoms with E-state index in [0.29, 0.717) is 0 Å². The minimum atomic E-state index is 1.34. The lowest BCUT2D eigenvalue weighted by Gasteiger charge is -2.08. The van der Waals surface area contributed by atoms with Crippen LogP contribution in [0.5, 0.6) is 0 Å². The van der Waals surface area contributed by atoms with Crippen LogP contribution >= 0.6 is 45.1 Å². The molecule has 2 rings (SSSR count). The molecule has 0 unspecified atom stereocenters. The van der Waals surface area contributed by atoms with Crippen LogP contribution in [0.15, 0.2) is 68.1 Å². The largest absolute Gasteiger partial charge is 0.128 e. The van der Waals surface area contributed by atoms with Gasteiger partial charge in [0.1, 0.15) is 0 Å². The Labute approximate surface area is 125 Å². The van der Waals surface area contributed by atoms with Crippen molar-refractivity contribution in [2.24, 2.45) is 0 Å². The van der Waals surface area contributed by atoms with E-state index in [-0.39, 0.29) is 0 Å². The molecule has 2 aromatic rings. The van der Waals surface area contributed by atoms with Gasteiger partial charge in [-0.1, -0.05) is 45.9 Å². The van der Waals surface area contributed by atoms with Gasteiger partial charge in [-0.3, -0.25) is 0 Å². The van der Waals surface area contributed by atoms with Crippen molar-refractivity contribution in [2.75, 3.05) is 12.5 Å². The molecule has 0 aliphatic carbocycles. The maximum atomic E-state index is 2.19. The van der Waals surface area contributed by atoms with Gasteiger partial charge in [0.25, 0.3) is 0 Å². The van der Waals surface area contributed by atoms with Crippen LogP contribution in [0.1, 0.15) is 0 Å². The molecule has 0 aliphatic heterocycles. The fraction of sp³-hybridized carbons (Fsp3) is 0.143. The highest BCUT2D eigenvalue weighted by Crippen LogP contribution is 2.43. The van der Waals surface area contributed by atoms with E-state index in [0.717, 1.165) is 0 Å². The fourth-order valence-electron chi connectivity index (χ4n) is 1.47. The van der Waals surface area contributed by atoms with Gasteiger partial charge in [-0.15, -0.1) is 23.5 Å². The number of hydrogen-bond donors (Lipinski definition) is 0. The van der Waals surface area contributed by atoms with E-state index in [4.69, 9.17) is 0 Å². The Kier molecular flexibility index (Phi) is 5.89. The zero-order chi connectivity index (χ0) is 12.8. The first-order valence-corrected chi connectivity index (χ1v) is 10.1. The summed E-state index contributed by atoms with van der Waals surface area (Å²) in [6, 6.07) is 17.1. The molecule has 0 radical (unpaired) electrons. The van der Waals surface area contributed by atoms with Gasteiger partial charge in [0, 0.05) is 19.6 Å². The first kappa shape index (κ1) is 14.3. The molecule has 0 aliphatic rings. The van der Waals surface area contributed by atoms with Crippen molar-refractivity contribution >= 4 is 45.1 Å². The maximum Gasteiger partial charge on any atom is 0.0322 e. The Bertz CT molecular complexity index is 463. The SMILES string of the molecule is CSc1ccccc1SSc1ccccc1SC. The highest BCUT2D eigenvalue weighted by molar-refractivity contribution is 8.76. The van der Waals surface area contributed by atoms with Gasteiger partial charge in [-0.25, -0.2) is 0 Å². The standard InChI is InChI=1S/C14H14S4/c1-15-11-7-3-5-9-13(11)17-18-14-10-6-4-8-12(14)16-2/h3-10H,1-2H3. The fourth-order valence-corrected chi connectivity index (χ4v) is 5.66. The number of rotatable bonds is 5. The molecule has 0 heterocycles. The molecule has 0 bridgehead atoms. The van der Waals surface area contributed by atoms with Gasteiger partial charge in [0.05, 0.1) is 0 Å². The first-order chi connectivity index (χ1) is 8.85. The molecule has 4 heteroatoms. The van der Waals surface area contributed by atoms with Gasteiger partial charge in [-0.2, -0.15) is 0 Å². The smallest absolute Gasteiger partial charge is 0.0322 e. The Hall–Kier alpha value is -0.160. The highest BCUT2D eigenvalue weighted by atomic mass is 33.1. The maximum absolute atomic E-state index is 2.19. The van der Waals surface area contributed by atoms with Crippen molar-refractivity contribution in [3.8, 4) is 0 Å². The average molecular weight is 311 g/mol. The zero-order valence-corrected chi connectivity index (χ0v) is 13.5. The molecule has 0 aromatic heterocycles. The Morgan fingerprint density at radius 3 is 1.22 bits per heavy atom. The first-order valence-electron chi connectivity index (χ1n) is 5.45. The van der Waals surface area contributed by atoms with Gasteiger partial charge >= 0.3 is 0 Å². The summed E-state index contributed by atoms with van der Waals surface area (Å²) in [7, 11) is 3.67. The van der Waals surface area contributed by atoms with Crippen LogP contribution < -0.4 is 0 Å². The second-order valence-corrected chi connectivity index (χ2v) is 7.38. The minimum absolute atomic E-state index is 1.34. The lowest BCUT2D eigenvalue weighted by Crippen LogP contribution is -1.77. The van der Waals surface area contributed by atoms with Crippen LogP contribution in [-0.4, -0.2) is 12.5 Å².